The van der Waals surface area contributed by atoms with Crippen molar-refractivity contribution < 1.29 is 33.4 Å². The van der Waals surface area contributed by atoms with Crippen molar-refractivity contribution in [3.63, 3.8) is 0 Å². The van der Waals surface area contributed by atoms with Crippen LogP contribution in [0.5, 0.6) is 0 Å². The number of benzene rings is 1. The number of ether oxygens (including phenoxy) is 3. The van der Waals surface area contributed by atoms with Crippen molar-refractivity contribution in [3.05, 3.63) is 48.0 Å². The highest BCUT2D eigenvalue weighted by atomic mass is 16.6. The molecule has 0 fully saturated rings. The lowest BCUT2D eigenvalue weighted by atomic mass is 10.0. The van der Waals surface area contributed by atoms with E-state index in [9.17, 15) is 19.2 Å². The molecule has 0 aliphatic rings. The van der Waals surface area contributed by atoms with E-state index >= 15 is 0 Å². The molecule has 3 atom stereocenters. The summed E-state index contributed by atoms with van der Waals surface area (Å²) in [6.07, 6.45) is 2.40. The van der Waals surface area contributed by atoms with Crippen LogP contribution in [0.1, 0.15) is 59.9 Å². The van der Waals surface area contributed by atoms with Gasteiger partial charge >= 0.3 is 12.1 Å². The van der Waals surface area contributed by atoms with Gasteiger partial charge in [-0.1, -0.05) is 50.3 Å². The average Bonchev–Trinajstić information content (AvgIpc) is 2.83. The van der Waals surface area contributed by atoms with Gasteiger partial charge in [0.25, 0.3) is 0 Å². The SMILES string of the molecule is COC(=O)[C@@H](NC(=O)/C=C/CCNC(=O)[C@H](CC(C)C)NC(=O)OC(C)(C)C)[C@@H](C)OCc1ccccc1. The Balaban J connectivity index is 2.56. The first-order valence-electron chi connectivity index (χ1n) is 12.8. The lowest BCUT2D eigenvalue weighted by Gasteiger charge is -2.24. The summed E-state index contributed by atoms with van der Waals surface area (Å²) < 4.78 is 15.8. The number of methoxy groups -OCH3 is 1. The molecule has 0 aromatic heterocycles. The molecule has 0 spiro atoms. The van der Waals surface area contributed by atoms with Crippen LogP contribution in [0.25, 0.3) is 0 Å². The van der Waals surface area contributed by atoms with Crippen molar-refractivity contribution in [1.29, 1.82) is 0 Å². The van der Waals surface area contributed by atoms with Crippen LogP contribution < -0.4 is 16.0 Å². The lowest BCUT2D eigenvalue weighted by molar-refractivity contribution is -0.149. The maximum Gasteiger partial charge on any atom is 0.408 e. The molecular formula is C28H43N3O7. The summed E-state index contributed by atoms with van der Waals surface area (Å²) in [6.45, 7) is 11.4. The van der Waals surface area contributed by atoms with E-state index in [1.165, 1.54) is 13.2 Å². The minimum atomic E-state index is -0.990. The maximum absolute atomic E-state index is 12.6. The summed E-state index contributed by atoms with van der Waals surface area (Å²) in [5.41, 5.74) is 0.264. The summed E-state index contributed by atoms with van der Waals surface area (Å²) >= 11 is 0. The molecule has 1 rings (SSSR count). The van der Waals surface area contributed by atoms with Crippen LogP contribution in [0.4, 0.5) is 4.79 Å². The number of carbonyl (C=O) groups is 4. The van der Waals surface area contributed by atoms with Gasteiger partial charge in [0.15, 0.2) is 6.04 Å². The van der Waals surface area contributed by atoms with Gasteiger partial charge in [0.1, 0.15) is 11.6 Å². The molecule has 0 saturated carbocycles. The highest BCUT2D eigenvalue weighted by molar-refractivity contribution is 5.91. The number of hydrogen-bond acceptors (Lipinski definition) is 7. The quantitative estimate of drug-likeness (QED) is 0.190. The number of nitrogens with one attached hydrogen (secondary N) is 3. The molecule has 38 heavy (non-hydrogen) atoms. The maximum atomic E-state index is 12.6. The molecule has 0 aliphatic carbocycles. The normalized spacial score (nSPS) is 13.9. The van der Waals surface area contributed by atoms with Crippen LogP contribution in [0.2, 0.25) is 0 Å². The van der Waals surface area contributed by atoms with E-state index in [0.717, 1.165) is 5.56 Å². The van der Waals surface area contributed by atoms with Gasteiger partial charge in [-0.15, -0.1) is 0 Å². The molecule has 1 aromatic rings. The molecule has 0 aliphatic heterocycles. The van der Waals surface area contributed by atoms with Crippen LogP contribution in [0.15, 0.2) is 42.5 Å². The number of esters is 1. The third-order valence-electron chi connectivity index (χ3n) is 5.17. The fourth-order valence-corrected chi connectivity index (χ4v) is 3.34. The van der Waals surface area contributed by atoms with E-state index in [-0.39, 0.29) is 25.0 Å². The summed E-state index contributed by atoms with van der Waals surface area (Å²) in [6, 6.07) is 7.74. The van der Waals surface area contributed by atoms with E-state index < -0.39 is 41.8 Å². The Morgan fingerprint density at radius 2 is 1.66 bits per heavy atom. The molecule has 0 bridgehead atoms. The number of carbonyl (C=O) groups excluding carboxylic acids is 4. The predicted molar refractivity (Wildman–Crippen MR) is 144 cm³/mol. The molecule has 10 nitrogen and oxygen atoms in total. The minimum absolute atomic E-state index is 0.172. The molecule has 3 N–H and O–H groups in total. The Hall–Kier alpha value is -3.40. The van der Waals surface area contributed by atoms with Crippen molar-refractivity contribution >= 4 is 23.9 Å². The van der Waals surface area contributed by atoms with Crippen molar-refractivity contribution in [2.45, 2.75) is 84.8 Å². The first-order chi connectivity index (χ1) is 17.8. The zero-order chi connectivity index (χ0) is 28.7. The van der Waals surface area contributed by atoms with Crippen molar-refractivity contribution in [2.24, 2.45) is 5.92 Å². The zero-order valence-electron chi connectivity index (χ0n) is 23.5. The van der Waals surface area contributed by atoms with Crippen LogP contribution in [-0.2, 0) is 35.2 Å². The second-order valence-electron chi connectivity index (χ2n) is 10.3. The summed E-state index contributed by atoms with van der Waals surface area (Å²) in [5, 5.41) is 7.99. The van der Waals surface area contributed by atoms with Crippen molar-refractivity contribution in [3.8, 4) is 0 Å². The molecule has 212 valence electrons. The highest BCUT2D eigenvalue weighted by Gasteiger charge is 2.28. The summed E-state index contributed by atoms with van der Waals surface area (Å²) in [7, 11) is 1.24. The molecular weight excluding hydrogens is 490 g/mol. The minimum Gasteiger partial charge on any atom is -0.467 e. The second kappa shape index (κ2) is 16.4. The van der Waals surface area contributed by atoms with Gasteiger partial charge < -0.3 is 30.2 Å². The van der Waals surface area contributed by atoms with Crippen LogP contribution in [0, 0.1) is 5.92 Å². The topological polar surface area (TPSA) is 132 Å². The first-order valence-corrected chi connectivity index (χ1v) is 12.8. The first kappa shape index (κ1) is 32.6. The fraction of sp³-hybridized carbons (Fsp3) is 0.571. The highest BCUT2D eigenvalue weighted by Crippen LogP contribution is 2.10. The molecule has 0 radical (unpaired) electrons. The smallest absolute Gasteiger partial charge is 0.408 e. The third-order valence-corrected chi connectivity index (χ3v) is 5.17. The Morgan fingerprint density at radius 1 is 1.00 bits per heavy atom. The Kier molecular flexibility index (Phi) is 14.1. The summed E-state index contributed by atoms with van der Waals surface area (Å²) in [4.78, 5) is 49.4. The monoisotopic (exact) mass is 533 g/mol. The largest absolute Gasteiger partial charge is 0.467 e. The molecule has 3 amide bonds. The number of amides is 3. The van der Waals surface area contributed by atoms with Crippen molar-refractivity contribution in [2.75, 3.05) is 13.7 Å². The predicted octanol–water partition coefficient (Wildman–Crippen LogP) is 3.25. The average molecular weight is 534 g/mol. The van der Waals surface area contributed by atoms with Crippen LogP contribution >= 0.6 is 0 Å². The number of rotatable bonds is 14. The Bertz CT molecular complexity index is 926. The third kappa shape index (κ3) is 13.8. The van der Waals surface area contributed by atoms with E-state index in [0.29, 0.717) is 12.8 Å². The van der Waals surface area contributed by atoms with Gasteiger partial charge in [-0.05, 0) is 58.1 Å². The Labute approximate surface area is 225 Å². The second-order valence-corrected chi connectivity index (χ2v) is 10.3. The standard InChI is InChI=1S/C28H43N3O7/c1-19(2)17-22(30-27(35)38-28(4,5)6)25(33)29-16-12-11-15-23(32)31-24(26(34)36-7)20(3)37-18-21-13-9-8-10-14-21/h8-11,13-15,19-20,22,24H,12,16-18H2,1-7H3,(H,29,33)(H,30,35)(H,31,32)/b15-11+/t20-,22+,24+/m1/s1. The van der Waals surface area contributed by atoms with E-state index in [4.69, 9.17) is 14.2 Å². The van der Waals surface area contributed by atoms with Gasteiger partial charge in [0.2, 0.25) is 11.8 Å². The molecule has 1 aromatic carbocycles. The molecule has 0 heterocycles. The lowest BCUT2D eigenvalue weighted by Crippen LogP contribution is -2.49. The summed E-state index contributed by atoms with van der Waals surface area (Å²) in [5.74, 6) is -1.27. The van der Waals surface area contributed by atoms with Gasteiger partial charge in [-0.3, -0.25) is 9.59 Å². The molecule has 10 heteroatoms. The van der Waals surface area contributed by atoms with Crippen LogP contribution in [0.3, 0.4) is 0 Å². The zero-order valence-corrected chi connectivity index (χ0v) is 23.5. The van der Waals surface area contributed by atoms with Gasteiger partial charge in [0.05, 0.1) is 19.8 Å². The van der Waals surface area contributed by atoms with Crippen LogP contribution in [-0.4, -0.2) is 61.3 Å². The van der Waals surface area contributed by atoms with Crippen molar-refractivity contribution in [1.82, 2.24) is 16.0 Å². The fourth-order valence-electron chi connectivity index (χ4n) is 3.34. The van der Waals surface area contributed by atoms with E-state index in [1.807, 2.05) is 44.2 Å². The number of alkyl carbamates (subject to hydrolysis) is 1. The van der Waals surface area contributed by atoms with E-state index in [2.05, 4.69) is 16.0 Å². The Morgan fingerprint density at radius 3 is 2.24 bits per heavy atom. The van der Waals surface area contributed by atoms with Gasteiger partial charge in [-0.2, -0.15) is 0 Å². The number of hydrogen-bond donors (Lipinski definition) is 3. The molecule has 0 unspecified atom stereocenters. The molecule has 0 saturated heterocycles. The van der Waals surface area contributed by atoms with Gasteiger partial charge in [-0.25, -0.2) is 9.59 Å². The van der Waals surface area contributed by atoms with Gasteiger partial charge in [0, 0.05) is 6.54 Å². The van der Waals surface area contributed by atoms with E-state index in [1.54, 1.807) is 33.8 Å².